The van der Waals surface area contributed by atoms with Gasteiger partial charge in [0.2, 0.25) is 0 Å². The van der Waals surface area contributed by atoms with E-state index in [1.54, 1.807) is 12.1 Å². The number of carbonyl (C=O) groups excluding carboxylic acids is 2. The minimum Gasteiger partial charge on any atom is -0.465 e. The van der Waals surface area contributed by atoms with Crippen LogP contribution in [0, 0.1) is 5.41 Å². The van der Waals surface area contributed by atoms with Crippen LogP contribution < -0.4 is 4.90 Å². The number of carbonyl (C=O) groups is 2. The summed E-state index contributed by atoms with van der Waals surface area (Å²) in [5.41, 5.74) is 6.10. The monoisotopic (exact) mass is 439 g/mol. The number of methoxy groups -OCH3 is 1. The van der Waals surface area contributed by atoms with Gasteiger partial charge >= 0.3 is 5.97 Å². The first-order chi connectivity index (χ1) is 15.8. The van der Waals surface area contributed by atoms with Gasteiger partial charge in [-0.15, -0.1) is 0 Å². The highest BCUT2D eigenvalue weighted by atomic mass is 16.5. The van der Waals surface area contributed by atoms with Crippen molar-refractivity contribution in [2.24, 2.45) is 5.41 Å². The number of rotatable bonds is 5. The lowest BCUT2D eigenvalue weighted by Crippen LogP contribution is -2.26. The first kappa shape index (κ1) is 22.5. The summed E-state index contributed by atoms with van der Waals surface area (Å²) in [6.07, 6.45) is 0.776. The lowest BCUT2D eigenvalue weighted by molar-refractivity contribution is -0.113. The maximum Gasteiger partial charge on any atom is 0.337 e. The number of allylic oxidation sites excluding steroid dienone is 1. The highest BCUT2D eigenvalue weighted by Gasteiger charge is 2.35. The second-order valence-electron chi connectivity index (χ2n) is 9.56. The summed E-state index contributed by atoms with van der Waals surface area (Å²) >= 11 is 0. The molecule has 0 fully saturated rings. The molecule has 3 aromatic carbocycles. The number of esters is 1. The normalized spacial score (nSPS) is 14.8. The van der Waals surface area contributed by atoms with Crippen molar-refractivity contribution in [2.75, 3.05) is 12.0 Å². The Morgan fingerprint density at radius 1 is 0.879 bits per heavy atom. The van der Waals surface area contributed by atoms with E-state index >= 15 is 0 Å². The number of benzene rings is 3. The van der Waals surface area contributed by atoms with Gasteiger partial charge in [0.1, 0.15) is 0 Å². The summed E-state index contributed by atoms with van der Waals surface area (Å²) in [6, 6.07) is 25.4. The first-order valence-corrected chi connectivity index (χ1v) is 11.2. The molecule has 168 valence electrons. The molecule has 0 spiro atoms. The van der Waals surface area contributed by atoms with Gasteiger partial charge in [-0.2, -0.15) is 0 Å². The van der Waals surface area contributed by atoms with Crippen molar-refractivity contribution in [1.82, 2.24) is 0 Å². The summed E-state index contributed by atoms with van der Waals surface area (Å²) in [4.78, 5) is 27.7. The van der Waals surface area contributed by atoms with E-state index in [2.05, 4.69) is 32.9 Å². The van der Waals surface area contributed by atoms with Crippen LogP contribution in [0.4, 0.5) is 5.69 Å². The summed E-state index contributed by atoms with van der Waals surface area (Å²) in [6.45, 7) is 6.95. The highest BCUT2D eigenvalue weighted by molar-refractivity contribution is 6.37. The van der Waals surface area contributed by atoms with Gasteiger partial charge in [0.05, 0.1) is 30.5 Å². The number of ether oxygens (including phenoxy) is 1. The zero-order chi connectivity index (χ0) is 23.6. The zero-order valence-corrected chi connectivity index (χ0v) is 19.6. The van der Waals surface area contributed by atoms with Crippen molar-refractivity contribution in [1.29, 1.82) is 0 Å². The molecule has 0 saturated heterocycles. The van der Waals surface area contributed by atoms with E-state index in [0.29, 0.717) is 12.1 Å². The van der Waals surface area contributed by atoms with Gasteiger partial charge in [-0.1, -0.05) is 81.4 Å². The van der Waals surface area contributed by atoms with Crippen LogP contribution in [0.15, 0.2) is 78.9 Å². The lowest BCUT2D eigenvalue weighted by Gasteiger charge is -2.23. The zero-order valence-electron chi connectivity index (χ0n) is 19.6. The molecule has 0 bridgehead atoms. The molecule has 0 atom stereocenters. The van der Waals surface area contributed by atoms with Crippen LogP contribution in [0.25, 0.3) is 11.1 Å². The average Bonchev–Trinajstić information content (AvgIpc) is 3.08. The molecule has 4 rings (SSSR count). The number of hydrogen-bond donors (Lipinski definition) is 0. The summed E-state index contributed by atoms with van der Waals surface area (Å²) in [7, 11) is 1.37. The third-order valence-corrected chi connectivity index (χ3v) is 5.74. The quantitative estimate of drug-likeness (QED) is 0.343. The van der Waals surface area contributed by atoms with E-state index in [-0.39, 0.29) is 17.3 Å². The van der Waals surface area contributed by atoms with Crippen molar-refractivity contribution in [3.63, 3.8) is 0 Å². The molecule has 0 aromatic heterocycles. The smallest absolute Gasteiger partial charge is 0.337 e. The second kappa shape index (κ2) is 9.07. The van der Waals surface area contributed by atoms with E-state index < -0.39 is 0 Å². The van der Waals surface area contributed by atoms with Crippen LogP contribution in [-0.4, -0.2) is 19.0 Å². The minimum atomic E-state index is -0.387. The molecule has 1 aliphatic rings. The van der Waals surface area contributed by atoms with E-state index in [4.69, 9.17) is 4.74 Å². The maximum atomic E-state index is 13.9. The molecular formula is C29H29NO3. The fourth-order valence-corrected chi connectivity index (χ4v) is 4.33. The predicted molar refractivity (Wildman–Crippen MR) is 133 cm³/mol. The van der Waals surface area contributed by atoms with E-state index in [1.807, 2.05) is 59.5 Å². The molecule has 4 heteroatoms. The highest BCUT2D eigenvalue weighted by Crippen LogP contribution is 2.44. The summed E-state index contributed by atoms with van der Waals surface area (Å²) in [5, 5.41) is 0. The van der Waals surface area contributed by atoms with Crippen molar-refractivity contribution in [2.45, 2.75) is 33.7 Å². The molecule has 1 amide bonds. The SMILES string of the molecule is COC(=O)c1cccc(CN2C(=O)/C(=C(/CC(C)(C)C)c3ccccc3)c3ccccc32)c1. The number of amides is 1. The van der Waals surface area contributed by atoms with E-state index in [0.717, 1.165) is 39.9 Å². The largest absolute Gasteiger partial charge is 0.465 e. The van der Waals surface area contributed by atoms with Crippen LogP contribution in [-0.2, 0) is 16.1 Å². The molecule has 0 saturated carbocycles. The molecule has 1 aliphatic heterocycles. The van der Waals surface area contributed by atoms with Crippen molar-refractivity contribution < 1.29 is 14.3 Å². The predicted octanol–water partition coefficient (Wildman–Crippen LogP) is 6.37. The Balaban J connectivity index is 1.82. The van der Waals surface area contributed by atoms with E-state index in [9.17, 15) is 9.59 Å². The van der Waals surface area contributed by atoms with Gasteiger partial charge < -0.3 is 9.64 Å². The second-order valence-corrected chi connectivity index (χ2v) is 9.56. The molecule has 3 aromatic rings. The van der Waals surface area contributed by atoms with Crippen LogP contribution >= 0.6 is 0 Å². The lowest BCUT2D eigenvalue weighted by atomic mass is 9.82. The van der Waals surface area contributed by atoms with Gasteiger partial charge in [-0.25, -0.2) is 4.79 Å². The van der Waals surface area contributed by atoms with Gasteiger partial charge in [-0.05, 0) is 46.7 Å². The van der Waals surface area contributed by atoms with Crippen molar-refractivity contribution in [3.05, 3.63) is 101 Å². The Morgan fingerprint density at radius 3 is 2.24 bits per heavy atom. The fourth-order valence-electron chi connectivity index (χ4n) is 4.33. The topological polar surface area (TPSA) is 46.6 Å². The van der Waals surface area contributed by atoms with Gasteiger partial charge in [0, 0.05) is 5.56 Å². The van der Waals surface area contributed by atoms with E-state index in [1.165, 1.54) is 7.11 Å². The van der Waals surface area contributed by atoms with Crippen LogP contribution in [0.1, 0.15) is 54.2 Å². The Bertz CT molecular complexity index is 1220. The minimum absolute atomic E-state index is 0.00959. The number of hydrogen-bond acceptors (Lipinski definition) is 3. The van der Waals surface area contributed by atoms with Crippen LogP contribution in [0.2, 0.25) is 0 Å². The maximum absolute atomic E-state index is 13.9. The molecule has 1 heterocycles. The van der Waals surface area contributed by atoms with Gasteiger partial charge in [-0.3, -0.25) is 4.79 Å². The van der Waals surface area contributed by atoms with Crippen LogP contribution in [0.5, 0.6) is 0 Å². The molecule has 0 unspecified atom stereocenters. The average molecular weight is 440 g/mol. The molecule has 0 N–H and O–H groups in total. The Labute approximate surface area is 195 Å². The fraction of sp³-hybridized carbons (Fsp3) is 0.241. The van der Waals surface area contributed by atoms with Crippen molar-refractivity contribution in [3.8, 4) is 0 Å². The third kappa shape index (κ3) is 4.75. The standard InChI is InChI=1S/C29H29NO3/c1-29(2,3)18-24(21-12-6-5-7-13-21)26-23-15-8-9-16-25(23)30(27(26)31)19-20-11-10-14-22(17-20)28(32)33-4/h5-17H,18-19H2,1-4H3/b26-24-. The van der Waals surface area contributed by atoms with Gasteiger partial charge in [0.15, 0.2) is 0 Å². The molecule has 33 heavy (non-hydrogen) atoms. The number of nitrogens with zero attached hydrogens (tertiary/aromatic N) is 1. The molecule has 4 nitrogen and oxygen atoms in total. The Kier molecular flexibility index (Phi) is 6.19. The summed E-state index contributed by atoms with van der Waals surface area (Å²) in [5.74, 6) is -0.398. The number of para-hydroxylation sites is 1. The molecule has 0 radical (unpaired) electrons. The Morgan fingerprint density at radius 2 is 1.55 bits per heavy atom. The van der Waals surface area contributed by atoms with Crippen LogP contribution in [0.3, 0.4) is 0 Å². The number of fused-ring (bicyclic) bond motifs is 1. The molecule has 0 aliphatic carbocycles. The summed E-state index contributed by atoms with van der Waals surface area (Å²) < 4.78 is 4.86. The molecular weight excluding hydrogens is 410 g/mol. The van der Waals surface area contributed by atoms with Gasteiger partial charge in [0.25, 0.3) is 5.91 Å². The Hall–Kier alpha value is -3.66. The first-order valence-electron chi connectivity index (χ1n) is 11.2. The van der Waals surface area contributed by atoms with Crippen molar-refractivity contribution >= 4 is 28.7 Å². The third-order valence-electron chi connectivity index (χ3n) is 5.74. The number of anilines is 1.